The van der Waals surface area contributed by atoms with Gasteiger partial charge in [0.05, 0.1) is 5.60 Å². The average Bonchev–Trinajstić information content (AvgIpc) is 2.50. The van der Waals surface area contributed by atoms with Crippen LogP contribution in [0.4, 0.5) is 0 Å². The predicted molar refractivity (Wildman–Crippen MR) is 97.5 cm³/mol. The van der Waals surface area contributed by atoms with Crippen LogP contribution in [0.2, 0.25) is 0 Å². The van der Waals surface area contributed by atoms with Crippen molar-refractivity contribution in [2.75, 3.05) is 0 Å². The quantitative estimate of drug-likeness (QED) is 0.456. The van der Waals surface area contributed by atoms with Crippen molar-refractivity contribution in [1.29, 1.82) is 0 Å². The summed E-state index contributed by atoms with van der Waals surface area (Å²) in [6, 6.07) is 0. The number of carbonyl (C=O) groups excluding carboxylic acids is 1. The third-order valence-electron chi connectivity index (χ3n) is 6.36. The first-order valence-corrected chi connectivity index (χ1v) is 9.39. The highest BCUT2D eigenvalue weighted by Gasteiger charge is 2.55. The van der Waals surface area contributed by atoms with Gasteiger partial charge >= 0.3 is 5.97 Å². The maximum absolute atomic E-state index is 12.3. The fraction of sp³-hybridized carbons (Fsp3) is 0.762. The highest BCUT2D eigenvalue weighted by atomic mass is 16.5. The van der Waals surface area contributed by atoms with E-state index in [1.165, 1.54) is 5.57 Å². The molecule has 0 amide bonds. The minimum absolute atomic E-state index is 0.124. The van der Waals surface area contributed by atoms with Gasteiger partial charge in [-0.15, -0.1) is 0 Å². The molecule has 24 heavy (non-hydrogen) atoms. The molecule has 1 fully saturated rings. The van der Waals surface area contributed by atoms with Crippen LogP contribution in [0, 0.1) is 17.3 Å². The Hall–Kier alpha value is -1.09. The topological polar surface area (TPSA) is 46.5 Å². The molecule has 0 aromatic rings. The van der Waals surface area contributed by atoms with Gasteiger partial charge in [-0.05, 0) is 51.9 Å². The van der Waals surface area contributed by atoms with E-state index in [9.17, 15) is 9.90 Å². The van der Waals surface area contributed by atoms with E-state index in [4.69, 9.17) is 4.74 Å². The Labute approximate surface area is 147 Å². The molecule has 0 spiro atoms. The van der Waals surface area contributed by atoms with Crippen LogP contribution in [-0.2, 0) is 9.53 Å². The second kappa shape index (κ2) is 7.03. The van der Waals surface area contributed by atoms with Crippen molar-refractivity contribution in [2.24, 2.45) is 17.3 Å². The lowest BCUT2D eigenvalue weighted by Gasteiger charge is -2.55. The van der Waals surface area contributed by atoms with Crippen LogP contribution in [0.3, 0.4) is 0 Å². The second-order valence-electron chi connectivity index (χ2n) is 8.57. The Morgan fingerprint density at radius 1 is 1.46 bits per heavy atom. The van der Waals surface area contributed by atoms with E-state index in [2.05, 4.69) is 26.8 Å². The number of allylic oxidation sites excluding steroid dienone is 3. The summed E-state index contributed by atoms with van der Waals surface area (Å²) in [6.07, 6.45) is 7.85. The number of fused-ring (bicyclic) bond motifs is 1. The van der Waals surface area contributed by atoms with Crippen LogP contribution in [0.5, 0.6) is 0 Å². The molecule has 0 saturated heterocycles. The molecule has 4 atom stereocenters. The molecule has 1 N–H and O–H groups in total. The van der Waals surface area contributed by atoms with Crippen molar-refractivity contribution in [3.05, 3.63) is 23.3 Å². The molecule has 2 aliphatic rings. The smallest absolute Gasteiger partial charge is 0.330 e. The van der Waals surface area contributed by atoms with E-state index in [0.29, 0.717) is 12.3 Å². The van der Waals surface area contributed by atoms with Gasteiger partial charge in [-0.1, -0.05) is 44.9 Å². The van der Waals surface area contributed by atoms with Crippen molar-refractivity contribution < 1.29 is 14.6 Å². The third-order valence-corrected chi connectivity index (χ3v) is 6.36. The number of carbonyl (C=O) groups is 1. The first-order valence-electron chi connectivity index (χ1n) is 9.39. The molecule has 0 heterocycles. The molecular weight excluding hydrogens is 300 g/mol. The first-order chi connectivity index (χ1) is 11.1. The van der Waals surface area contributed by atoms with Gasteiger partial charge < -0.3 is 9.84 Å². The Balaban J connectivity index is 2.25. The molecule has 0 bridgehead atoms. The van der Waals surface area contributed by atoms with Crippen LogP contribution in [0.15, 0.2) is 23.3 Å². The molecule has 3 heteroatoms. The maximum Gasteiger partial charge on any atom is 0.330 e. The van der Waals surface area contributed by atoms with Crippen LogP contribution in [0.25, 0.3) is 0 Å². The summed E-state index contributed by atoms with van der Waals surface area (Å²) in [7, 11) is 0. The van der Waals surface area contributed by atoms with Gasteiger partial charge in [-0.25, -0.2) is 4.79 Å². The molecule has 2 aliphatic carbocycles. The maximum atomic E-state index is 12.3. The largest absolute Gasteiger partial charge is 0.459 e. The van der Waals surface area contributed by atoms with Crippen LogP contribution >= 0.6 is 0 Å². The lowest BCUT2D eigenvalue weighted by atomic mass is 9.54. The third kappa shape index (κ3) is 3.77. The van der Waals surface area contributed by atoms with E-state index in [-0.39, 0.29) is 23.4 Å². The number of hydrogen-bond acceptors (Lipinski definition) is 3. The molecule has 0 aromatic carbocycles. The minimum Gasteiger partial charge on any atom is -0.459 e. The normalized spacial score (nSPS) is 37.0. The van der Waals surface area contributed by atoms with Crippen molar-refractivity contribution in [3.8, 4) is 0 Å². The summed E-state index contributed by atoms with van der Waals surface area (Å²) < 4.78 is 5.87. The SMILES string of the molecule is CC/C(C)=C\C(=O)O[C@@H]1CC[C@](C)(O)[C@@H]2CC(C(C)C)=CC[C@]21C. The molecular formula is C21H34O3. The summed E-state index contributed by atoms with van der Waals surface area (Å²) in [5.41, 5.74) is 1.58. The molecule has 0 aromatic heterocycles. The molecule has 0 aliphatic heterocycles. The zero-order valence-electron chi connectivity index (χ0n) is 16.2. The standard InChI is InChI=1S/C21H34O3/c1-7-15(4)12-19(22)24-18-9-11-21(6,23)17-13-16(14(2)3)8-10-20(17,18)5/h8,12,14,17-18,23H,7,9-11,13H2,1-6H3/b15-12-/t17-,18-,20-,21+/m1/s1. The molecule has 0 unspecified atom stereocenters. The summed E-state index contributed by atoms with van der Waals surface area (Å²) >= 11 is 0. The van der Waals surface area contributed by atoms with Crippen LogP contribution in [0.1, 0.15) is 73.6 Å². The van der Waals surface area contributed by atoms with Gasteiger partial charge in [0, 0.05) is 17.4 Å². The molecule has 136 valence electrons. The van der Waals surface area contributed by atoms with E-state index >= 15 is 0 Å². The second-order valence-corrected chi connectivity index (χ2v) is 8.57. The van der Waals surface area contributed by atoms with E-state index < -0.39 is 5.60 Å². The lowest BCUT2D eigenvalue weighted by Crippen LogP contribution is -2.57. The highest BCUT2D eigenvalue weighted by molar-refractivity contribution is 5.82. The zero-order chi connectivity index (χ0) is 18.1. The van der Waals surface area contributed by atoms with Gasteiger partial charge in [-0.2, -0.15) is 0 Å². The number of aliphatic hydroxyl groups is 1. The van der Waals surface area contributed by atoms with Gasteiger partial charge in [0.15, 0.2) is 0 Å². The van der Waals surface area contributed by atoms with E-state index in [0.717, 1.165) is 31.3 Å². The Morgan fingerprint density at radius 2 is 2.12 bits per heavy atom. The first kappa shape index (κ1) is 19.2. The van der Waals surface area contributed by atoms with Crippen molar-refractivity contribution in [1.82, 2.24) is 0 Å². The highest BCUT2D eigenvalue weighted by Crippen LogP contribution is 2.55. The monoisotopic (exact) mass is 334 g/mol. The summed E-state index contributed by atoms with van der Waals surface area (Å²) in [5.74, 6) is 0.401. The Kier molecular flexibility index (Phi) is 5.64. The van der Waals surface area contributed by atoms with Gasteiger partial charge in [-0.3, -0.25) is 0 Å². The zero-order valence-corrected chi connectivity index (χ0v) is 16.2. The van der Waals surface area contributed by atoms with Gasteiger partial charge in [0.25, 0.3) is 0 Å². The summed E-state index contributed by atoms with van der Waals surface area (Å²) in [4.78, 5) is 12.3. The summed E-state index contributed by atoms with van der Waals surface area (Å²) in [5, 5.41) is 11.0. The molecule has 2 rings (SSSR count). The van der Waals surface area contributed by atoms with Crippen molar-refractivity contribution >= 4 is 5.97 Å². The Morgan fingerprint density at radius 3 is 2.71 bits per heavy atom. The fourth-order valence-electron chi connectivity index (χ4n) is 4.40. The number of hydrogen-bond donors (Lipinski definition) is 1. The number of esters is 1. The number of ether oxygens (including phenoxy) is 1. The van der Waals surface area contributed by atoms with Crippen LogP contribution < -0.4 is 0 Å². The van der Waals surface area contributed by atoms with Crippen molar-refractivity contribution in [2.45, 2.75) is 85.4 Å². The van der Waals surface area contributed by atoms with Gasteiger partial charge in [0.1, 0.15) is 6.10 Å². The van der Waals surface area contributed by atoms with Crippen molar-refractivity contribution in [3.63, 3.8) is 0 Å². The molecule has 1 saturated carbocycles. The van der Waals surface area contributed by atoms with Gasteiger partial charge in [0.2, 0.25) is 0 Å². The van der Waals surface area contributed by atoms with Crippen LogP contribution in [-0.4, -0.2) is 22.8 Å². The van der Waals surface area contributed by atoms with E-state index in [1.807, 2.05) is 20.8 Å². The predicted octanol–water partition coefficient (Wildman–Crippen LogP) is 4.80. The molecule has 3 nitrogen and oxygen atoms in total. The average molecular weight is 335 g/mol. The minimum atomic E-state index is -0.693. The Bertz CT molecular complexity index is 541. The lowest BCUT2D eigenvalue weighted by molar-refractivity contribution is -0.181. The fourth-order valence-corrected chi connectivity index (χ4v) is 4.40. The molecule has 0 radical (unpaired) electrons. The number of rotatable bonds is 4. The summed E-state index contributed by atoms with van der Waals surface area (Å²) in [6.45, 7) is 12.6. The van der Waals surface area contributed by atoms with E-state index in [1.54, 1.807) is 6.08 Å².